The number of nitrogens with two attached hydrogens (primary N) is 1. The fourth-order valence-corrected chi connectivity index (χ4v) is 1.88. The third kappa shape index (κ3) is 1.88. The summed E-state index contributed by atoms with van der Waals surface area (Å²) in [4.78, 5) is 7.31. The Bertz CT molecular complexity index is 733. The molecule has 0 fully saturated rings. The minimum absolute atomic E-state index is 0.195. The first-order valence-corrected chi connectivity index (χ1v) is 5.80. The number of ether oxygens (including phenoxy) is 1. The molecule has 19 heavy (non-hydrogen) atoms. The quantitative estimate of drug-likeness (QED) is 0.673. The lowest BCUT2D eigenvalue weighted by Crippen LogP contribution is -1.94. The van der Waals surface area contributed by atoms with Crippen molar-refractivity contribution in [2.45, 2.75) is 6.92 Å². The molecule has 0 bridgehead atoms. The average molecular weight is 261 g/mol. The number of rotatable bonds is 3. The molecule has 0 unspecified atom stereocenters. The van der Waals surface area contributed by atoms with Gasteiger partial charge in [0.2, 0.25) is 0 Å². The Hall–Kier alpha value is -2.57. The molecule has 0 radical (unpaired) electrons. The monoisotopic (exact) mass is 261 g/mol. The van der Waals surface area contributed by atoms with Crippen molar-refractivity contribution in [1.29, 1.82) is 0 Å². The number of benzene rings is 1. The van der Waals surface area contributed by atoms with Gasteiger partial charge in [0, 0.05) is 18.3 Å². The maximum absolute atomic E-state index is 13.7. The number of aromatic nitrogens is 4. The van der Waals surface area contributed by atoms with Crippen molar-refractivity contribution in [3.8, 4) is 17.3 Å². The molecule has 2 heterocycles. The Labute approximate surface area is 107 Å². The van der Waals surface area contributed by atoms with E-state index in [-0.39, 0.29) is 5.75 Å². The lowest BCUT2D eigenvalue weighted by Gasteiger charge is -2.03. The maximum Gasteiger partial charge on any atom is 0.167 e. The largest absolute Gasteiger partial charge is 0.491 e. The molecular weight excluding hydrogens is 249 g/mol. The number of hydrogen-bond donors (Lipinski definition) is 3. The summed E-state index contributed by atoms with van der Waals surface area (Å²) in [6.45, 7) is 2.20. The first-order chi connectivity index (χ1) is 9.19. The highest BCUT2D eigenvalue weighted by atomic mass is 19.1. The molecule has 0 aliphatic carbocycles. The highest BCUT2D eigenvalue weighted by Crippen LogP contribution is 2.27. The first-order valence-electron chi connectivity index (χ1n) is 5.80. The van der Waals surface area contributed by atoms with Crippen LogP contribution in [0.1, 0.15) is 6.92 Å². The molecule has 2 aromatic heterocycles. The van der Waals surface area contributed by atoms with Crippen molar-refractivity contribution >= 4 is 16.7 Å². The van der Waals surface area contributed by atoms with E-state index in [1.807, 2.05) is 0 Å². The van der Waals surface area contributed by atoms with Gasteiger partial charge in [-0.15, -0.1) is 0 Å². The Morgan fingerprint density at radius 2 is 2.26 bits per heavy atom. The predicted molar refractivity (Wildman–Crippen MR) is 69.2 cm³/mol. The first kappa shape index (κ1) is 11.5. The van der Waals surface area contributed by atoms with Crippen LogP contribution in [0.3, 0.4) is 0 Å². The molecule has 0 atom stereocenters. The molecule has 4 N–H and O–H groups in total. The summed E-state index contributed by atoms with van der Waals surface area (Å²) in [6, 6.07) is 2.90. The second-order valence-corrected chi connectivity index (χ2v) is 4.01. The number of halogens is 1. The zero-order valence-electron chi connectivity index (χ0n) is 10.2. The van der Waals surface area contributed by atoms with E-state index in [0.717, 1.165) is 0 Å². The van der Waals surface area contributed by atoms with Gasteiger partial charge in [0.15, 0.2) is 23.1 Å². The predicted octanol–water partition coefficient (Wildman–Crippen LogP) is 2.07. The Morgan fingerprint density at radius 1 is 1.42 bits per heavy atom. The van der Waals surface area contributed by atoms with Crippen LogP contribution in [0, 0.1) is 5.82 Å². The summed E-state index contributed by atoms with van der Waals surface area (Å²) >= 11 is 0. The van der Waals surface area contributed by atoms with Gasteiger partial charge in [0.25, 0.3) is 0 Å². The van der Waals surface area contributed by atoms with E-state index in [9.17, 15) is 4.39 Å². The second kappa shape index (κ2) is 4.27. The summed E-state index contributed by atoms with van der Waals surface area (Å²) in [5.74, 6) is 0.240. The van der Waals surface area contributed by atoms with Crippen LogP contribution in [0.15, 0.2) is 18.3 Å². The Balaban J connectivity index is 2.13. The molecule has 0 amide bonds. The van der Waals surface area contributed by atoms with Crippen LogP contribution in [-0.2, 0) is 0 Å². The number of aromatic amines is 2. The fraction of sp³-hybridized carbons (Fsp3) is 0.167. The van der Waals surface area contributed by atoms with Crippen LogP contribution >= 0.6 is 0 Å². The number of nitrogens with zero attached hydrogens (tertiary/aromatic N) is 2. The van der Waals surface area contributed by atoms with E-state index in [2.05, 4.69) is 20.2 Å². The molecule has 7 heteroatoms. The van der Waals surface area contributed by atoms with Crippen molar-refractivity contribution in [3.63, 3.8) is 0 Å². The number of imidazole rings is 1. The van der Waals surface area contributed by atoms with Crippen molar-refractivity contribution in [2.75, 3.05) is 12.3 Å². The molecule has 0 saturated carbocycles. The summed E-state index contributed by atoms with van der Waals surface area (Å²) < 4.78 is 18.9. The number of fused-ring (bicyclic) bond motifs is 1. The maximum atomic E-state index is 13.7. The SMILES string of the molecule is CCOc1cc2[nH]c(-c3n[nH]cc3N)nc2cc1F. The summed E-state index contributed by atoms with van der Waals surface area (Å²) in [5, 5.41) is 6.64. The number of anilines is 1. The minimum Gasteiger partial charge on any atom is -0.491 e. The molecule has 0 saturated heterocycles. The number of H-pyrrole nitrogens is 2. The number of nitrogen functional groups attached to an aromatic ring is 1. The number of nitrogens with one attached hydrogen (secondary N) is 2. The van der Waals surface area contributed by atoms with Crippen LogP contribution in [0.5, 0.6) is 5.75 Å². The number of hydrogen-bond acceptors (Lipinski definition) is 4. The average Bonchev–Trinajstić information content (AvgIpc) is 2.95. The van der Waals surface area contributed by atoms with E-state index in [1.165, 1.54) is 6.07 Å². The molecule has 6 nitrogen and oxygen atoms in total. The second-order valence-electron chi connectivity index (χ2n) is 4.01. The third-order valence-electron chi connectivity index (χ3n) is 2.73. The Morgan fingerprint density at radius 3 is 2.95 bits per heavy atom. The third-order valence-corrected chi connectivity index (χ3v) is 2.73. The summed E-state index contributed by atoms with van der Waals surface area (Å²) in [7, 11) is 0. The van der Waals surface area contributed by atoms with Crippen molar-refractivity contribution in [1.82, 2.24) is 20.2 Å². The van der Waals surface area contributed by atoms with Crippen LogP contribution in [-0.4, -0.2) is 26.8 Å². The van der Waals surface area contributed by atoms with E-state index in [4.69, 9.17) is 10.5 Å². The van der Waals surface area contributed by atoms with E-state index < -0.39 is 5.82 Å². The molecule has 1 aromatic carbocycles. The van der Waals surface area contributed by atoms with Crippen molar-refractivity contribution in [2.24, 2.45) is 0 Å². The molecule has 3 rings (SSSR count). The molecule has 3 aromatic rings. The zero-order chi connectivity index (χ0) is 13.4. The van der Waals surface area contributed by atoms with Crippen LogP contribution < -0.4 is 10.5 Å². The van der Waals surface area contributed by atoms with Gasteiger partial charge in [0.1, 0.15) is 0 Å². The minimum atomic E-state index is -0.442. The van der Waals surface area contributed by atoms with Gasteiger partial charge in [-0.2, -0.15) is 5.10 Å². The van der Waals surface area contributed by atoms with Gasteiger partial charge in [-0.3, -0.25) is 5.10 Å². The summed E-state index contributed by atoms with van der Waals surface area (Å²) in [5.41, 5.74) is 7.90. The van der Waals surface area contributed by atoms with Crippen LogP contribution in [0.25, 0.3) is 22.6 Å². The fourth-order valence-electron chi connectivity index (χ4n) is 1.88. The van der Waals surface area contributed by atoms with Gasteiger partial charge in [-0.25, -0.2) is 9.37 Å². The molecule has 0 aliphatic rings. The molecular formula is C12H12FN5O. The van der Waals surface area contributed by atoms with E-state index in [1.54, 1.807) is 19.2 Å². The summed E-state index contributed by atoms with van der Waals surface area (Å²) in [6.07, 6.45) is 1.56. The van der Waals surface area contributed by atoms with Crippen molar-refractivity contribution < 1.29 is 9.13 Å². The van der Waals surface area contributed by atoms with Crippen LogP contribution in [0.4, 0.5) is 10.1 Å². The smallest absolute Gasteiger partial charge is 0.167 e. The van der Waals surface area contributed by atoms with Crippen LogP contribution in [0.2, 0.25) is 0 Å². The standard InChI is InChI=1S/C12H12FN5O/c1-2-19-10-4-9-8(3-6(10)13)16-12(17-9)11-7(14)5-15-18-11/h3-5H,2,14H2,1H3,(H,15,18)(H,16,17). The highest BCUT2D eigenvalue weighted by Gasteiger charge is 2.13. The van der Waals surface area contributed by atoms with Crippen molar-refractivity contribution in [3.05, 3.63) is 24.1 Å². The van der Waals surface area contributed by atoms with Gasteiger partial charge in [0.05, 0.1) is 23.3 Å². The van der Waals surface area contributed by atoms with E-state index >= 15 is 0 Å². The topological polar surface area (TPSA) is 92.6 Å². The zero-order valence-corrected chi connectivity index (χ0v) is 10.2. The highest BCUT2D eigenvalue weighted by molar-refractivity contribution is 5.82. The van der Waals surface area contributed by atoms with Gasteiger partial charge < -0.3 is 15.5 Å². The molecule has 0 aliphatic heterocycles. The van der Waals surface area contributed by atoms with Gasteiger partial charge in [-0.05, 0) is 6.92 Å². The van der Waals surface area contributed by atoms with Gasteiger partial charge >= 0.3 is 0 Å². The van der Waals surface area contributed by atoms with Gasteiger partial charge in [-0.1, -0.05) is 0 Å². The molecule has 0 spiro atoms. The lowest BCUT2D eigenvalue weighted by molar-refractivity contribution is 0.322. The van der Waals surface area contributed by atoms with E-state index in [0.29, 0.717) is 34.8 Å². The molecule has 98 valence electrons. The normalized spacial score (nSPS) is 11.1. The lowest BCUT2D eigenvalue weighted by atomic mass is 10.3. The Kier molecular flexibility index (Phi) is 2.59.